The minimum atomic E-state index is -3.40. The molecule has 0 unspecified atom stereocenters. The van der Waals surface area contributed by atoms with Crippen molar-refractivity contribution in [1.29, 1.82) is 5.26 Å². The highest BCUT2D eigenvalue weighted by Crippen LogP contribution is 2.24. The first-order chi connectivity index (χ1) is 10.1. The largest absolute Gasteiger partial charge is 0.395 e. The molecule has 1 aliphatic rings. The molecule has 0 aromatic heterocycles. The molecular weight excluding hydrogens is 288 g/mol. The number of rotatable bonds is 7. The molecule has 6 heteroatoms. The number of nitriles is 1. The Kier molecular flexibility index (Phi) is 5.34. The zero-order valence-electron chi connectivity index (χ0n) is 11.9. The van der Waals surface area contributed by atoms with Gasteiger partial charge in [0.15, 0.2) is 9.84 Å². The van der Waals surface area contributed by atoms with Crippen molar-refractivity contribution >= 4 is 9.84 Å². The lowest BCUT2D eigenvalue weighted by Crippen LogP contribution is -2.44. The summed E-state index contributed by atoms with van der Waals surface area (Å²) in [4.78, 5) is 2.24. The van der Waals surface area contributed by atoms with Gasteiger partial charge in [0.25, 0.3) is 0 Å². The van der Waals surface area contributed by atoms with Crippen molar-refractivity contribution < 1.29 is 13.5 Å². The first-order valence-electron chi connectivity index (χ1n) is 7.14. The van der Waals surface area contributed by atoms with Crippen LogP contribution in [0.15, 0.2) is 29.2 Å². The van der Waals surface area contributed by atoms with E-state index in [0.717, 1.165) is 12.8 Å². The summed E-state index contributed by atoms with van der Waals surface area (Å²) < 4.78 is 24.7. The van der Waals surface area contributed by atoms with Gasteiger partial charge in [-0.2, -0.15) is 5.26 Å². The van der Waals surface area contributed by atoms with Crippen molar-refractivity contribution in [3.63, 3.8) is 0 Å². The van der Waals surface area contributed by atoms with E-state index in [-0.39, 0.29) is 17.3 Å². The zero-order valence-corrected chi connectivity index (χ0v) is 12.7. The molecule has 5 nitrogen and oxygen atoms in total. The van der Waals surface area contributed by atoms with Crippen LogP contribution in [0.4, 0.5) is 0 Å². The number of nitrogens with zero attached hydrogens (tertiary/aromatic N) is 2. The predicted octanol–water partition coefficient (Wildman–Crippen LogP) is 1.18. The Morgan fingerprint density at radius 2 is 2.10 bits per heavy atom. The van der Waals surface area contributed by atoms with Crippen LogP contribution in [0.25, 0.3) is 0 Å². The Morgan fingerprint density at radius 3 is 2.67 bits per heavy atom. The molecule has 114 valence electrons. The van der Waals surface area contributed by atoms with Gasteiger partial charge in [0.2, 0.25) is 0 Å². The van der Waals surface area contributed by atoms with Crippen LogP contribution in [0.3, 0.4) is 0 Å². The fraction of sp³-hybridized carbons (Fsp3) is 0.533. The average Bonchev–Trinajstić information content (AvgIpc) is 2.43. The topological polar surface area (TPSA) is 81.4 Å². The third-order valence-corrected chi connectivity index (χ3v) is 5.64. The molecule has 1 N–H and O–H groups in total. The summed E-state index contributed by atoms with van der Waals surface area (Å²) in [5.41, 5.74) is 0.349. The normalized spacial score (nSPS) is 15.7. The standard InChI is InChI=1S/C15H20N2O3S/c16-12-13-3-1-6-15(11-13)21(19,20)10-8-17(7-9-18)14-4-2-5-14/h1,3,6,11,14,18H,2,4-5,7-10H2. The summed E-state index contributed by atoms with van der Waals surface area (Å²) in [6, 6.07) is 8.46. The van der Waals surface area contributed by atoms with E-state index in [1.165, 1.54) is 18.6 Å². The minimum absolute atomic E-state index is 0.0123. The molecular formula is C15H20N2O3S. The molecule has 0 aliphatic heterocycles. The number of sulfone groups is 1. The summed E-state index contributed by atoms with van der Waals surface area (Å²) in [6.45, 7) is 0.975. The van der Waals surface area contributed by atoms with E-state index in [1.54, 1.807) is 12.1 Å². The van der Waals surface area contributed by atoms with Crippen LogP contribution >= 0.6 is 0 Å². The van der Waals surface area contributed by atoms with E-state index in [2.05, 4.69) is 4.90 Å². The molecule has 21 heavy (non-hydrogen) atoms. The molecule has 1 aromatic carbocycles. The summed E-state index contributed by atoms with van der Waals surface area (Å²) in [5, 5.41) is 17.9. The Bertz CT molecular complexity index is 618. The maximum absolute atomic E-state index is 12.3. The number of hydrogen-bond acceptors (Lipinski definition) is 5. The summed E-state index contributed by atoms with van der Waals surface area (Å²) >= 11 is 0. The highest BCUT2D eigenvalue weighted by atomic mass is 32.2. The summed E-state index contributed by atoms with van der Waals surface area (Å²) in [6.07, 6.45) is 3.32. The van der Waals surface area contributed by atoms with Crippen LogP contribution in [-0.4, -0.2) is 49.9 Å². The molecule has 1 fully saturated rings. The SMILES string of the molecule is N#Cc1cccc(S(=O)(=O)CCN(CCO)C2CCC2)c1. The van der Waals surface area contributed by atoms with Crippen LogP contribution in [0.2, 0.25) is 0 Å². The Balaban J connectivity index is 2.04. The highest BCUT2D eigenvalue weighted by molar-refractivity contribution is 7.91. The van der Waals surface area contributed by atoms with Crippen LogP contribution < -0.4 is 0 Å². The molecule has 0 saturated heterocycles. The third-order valence-electron chi connectivity index (χ3n) is 3.95. The summed E-state index contributed by atoms with van der Waals surface area (Å²) in [7, 11) is -3.40. The predicted molar refractivity (Wildman–Crippen MR) is 79.5 cm³/mol. The molecule has 0 heterocycles. The molecule has 1 saturated carbocycles. The minimum Gasteiger partial charge on any atom is -0.395 e. The van der Waals surface area contributed by atoms with Gasteiger partial charge in [0.1, 0.15) is 0 Å². The number of benzene rings is 1. The van der Waals surface area contributed by atoms with Crippen molar-refractivity contribution in [2.24, 2.45) is 0 Å². The first kappa shape index (κ1) is 16.0. The van der Waals surface area contributed by atoms with Crippen molar-refractivity contribution in [3.8, 4) is 6.07 Å². The van der Waals surface area contributed by atoms with Gasteiger partial charge in [-0.3, -0.25) is 4.90 Å². The van der Waals surface area contributed by atoms with Gasteiger partial charge in [0, 0.05) is 19.1 Å². The van der Waals surface area contributed by atoms with Gasteiger partial charge in [-0.1, -0.05) is 12.5 Å². The van der Waals surface area contributed by atoms with E-state index < -0.39 is 9.84 Å². The van der Waals surface area contributed by atoms with E-state index in [0.29, 0.717) is 24.7 Å². The van der Waals surface area contributed by atoms with Gasteiger partial charge < -0.3 is 5.11 Å². The molecule has 1 aromatic rings. The first-order valence-corrected chi connectivity index (χ1v) is 8.80. The molecule has 0 radical (unpaired) electrons. The van der Waals surface area contributed by atoms with Gasteiger partial charge in [-0.25, -0.2) is 8.42 Å². The van der Waals surface area contributed by atoms with Crippen molar-refractivity contribution in [2.75, 3.05) is 25.4 Å². The van der Waals surface area contributed by atoms with E-state index >= 15 is 0 Å². The van der Waals surface area contributed by atoms with E-state index in [9.17, 15) is 8.42 Å². The molecule has 0 atom stereocenters. The Morgan fingerprint density at radius 1 is 1.33 bits per heavy atom. The quantitative estimate of drug-likeness (QED) is 0.818. The van der Waals surface area contributed by atoms with Crippen molar-refractivity contribution in [2.45, 2.75) is 30.2 Å². The average molecular weight is 308 g/mol. The van der Waals surface area contributed by atoms with E-state index in [1.807, 2.05) is 6.07 Å². The lowest BCUT2D eigenvalue weighted by molar-refractivity contribution is 0.108. The van der Waals surface area contributed by atoms with Gasteiger partial charge >= 0.3 is 0 Å². The lowest BCUT2D eigenvalue weighted by atomic mass is 9.91. The van der Waals surface area contributed by atoms with Crippen LogP contribution in [0.5, 0.6) is 0 Å². The van der Waals surface area contributed by atoms with E-state index in [4.69, 9.17) is 10.4 Å². The fourth-order valence-electron chi connectivity index (χ4n) is 2.47. The fourth-order valence-corrected chi connectivity index (χ4v) is 3.77. The second-order valence-corrected chi connectivity index (χ2v) is 7.41. The lowest BCUT2D eigenvalue weighted by Gasteiger charge is -2.37. The number of hydrogen-bond donors (Lipinski definition) is 1. The third kappa shape index (κ3) is 4.03. The van der Waals surface area contributed by atoms with Crippen molar-refractivity contribution in [3.05, 3.63) is 29.8 Å². The van der Waals surface area contributed by atoms with Crippen LogP contribution in [0, 0.1) is 11.3 Å². The molecule has 2 rings (SSSR count). The Hall–Kier alpha value is -1.42. The number of aliphatic hydroxyl groups is 1. The highest BCUT2D eigenvalue weighted by Gasteiger charge is 2.26. The van der Waals surface area contributed by atoms with Crippen LogP contribution in [0.1, 0.15) is 24.8 Å². The maximum Gasteiger partial charge on any atom is 0.179 e. The molecule has 0 amide bonds. The van der Waals surface area contributed by atoms with Gasteiger partial charge in [0.05, 0.1) is 28.9 Å². The molecule has 0 spiro atoms. The smallest absolute Gasteiger partial charge is 0.179 e. The molecule has 1 aliphatic carbocycles. The summed E-state index contributed by atoms with van der Waals surface area (Å²) in [5.74, 6) is 0.0123. The zero-order chi connectivity index (χ0) is 15.3. The second kappa shape index (κ2) is 7.03. The Labute approximate surface area is 125 Å². The van der Waals surface area contributed by atoms with Gasteiger partial charge in [-0.15, -0.1) is 0 Å². The maximum atomic E-state index is 12.3. The monoisotopic (exact) mass is 308 g/mol. The second-order valence-electron chi connectivity index (χ2n) is 5.30. The number of aliphatic hydroxyl groups excluding tert-OH is 1. The van der Waals surface area contributed by atoms with Crippen molar-refractivity contribution in [1.82, 2.24) is 4.90 Å². The van der Waals surface area contributed by atoms with Crippen LogP contribution in [-0.2, 0) is 9.84 Å². The molecule has 0 bridgehead atoms. The van der Waals surface area contributed by atoms with Gasteiger partial charge in [-0.05, 0) is 31.0 Å².